The molecular weight excluding hydrogens is 501 g/mol. The molecule has 2 amide bonds. The molecule has 200 valence electrons. The van der Waals surface area contributed by atoms with Crippen LogP contribution in [0, 0.1) is 13.8 Å². The quantitative estimate of drug-likeness (QED) is 0.411. The maximum atomic E-state index is 12.9. The average Bonchev–Trinajstić information content (AvgIpc) is 3.47. The summed E-state index contributed by atoms with van der Waals surface area (Å²) in [4.78, 5) is 30.3. The molecule has 0 radical (unpaired) electrons. The van der Waals surface area contributed by atoms with Gasteiger partial charge in [-0.25, -0.2) is 4.98 Å². The number of hydrogen-bond donors (Lipinski definition) is 2. The lowest BCUT2D eigenvalue weighted by Crippen LogP contribution is -2.41. The van der Waals surface area contributed by atoms with E-state index in [0.29, 0.717) is 22.5 Å². The molecule has 0 bridgehead atoms. The van der Waals surface area contributed by atoms with Crippen molar-refractivity contribution < 1.29 is 22.8 Å². The number of alkyl halides is 3. The van der Waals surface area contributed by atoms with Crippen molar-refractivity contribution in [1.29, 1.82) is 0 Å². The van der Waals surface area contributed by atoms with E-state index >= 15 is 0 Å². The van der Waals surface area contributed by atoms with Crippen molar-refractivity contribution in [2.75, 3.05) is 18.4 Å². The fourth-order valence-electron chi connectivity index (χ4n) is 4.14. The maximum absolute atomic E-state index is 12.9. The lowest BCUT2D eigenvalue weighted by Gasteiger charge is -2.16. The van der Waals surface area contributed by atoms with Crippen LogP contribution in [0.4, 0.5) is 24.5 Å². The monoisotopic (exact) mass is 528 g/mol. The SMILES string of the molecule is Cc1ccn(C)n1.Cc1nn(C)c2ncc(Nc3cccc4c3C(=O)N(CC(=O)NCC(F)(F)F)C4)cc12. The molecule has 2 N–H and O–H groups in total. The molecule has 1 aliphatic heterocycles. The first kappa shape index (κ1) is 26.6. The number of fused-ring (bicyclic) bond motifs is 2. The smallest absolute Gasteiger partial charge is 0.354 e. The molecule has 4 heterocycles. The molecule has 5 rings (SSSR count). The Labute approximate surface area is 216 Å². The summed E-state index contributed by atoms with van der Waals surface area (Å²) in [5.41, 5.74) is 4.88. The molecule has 10 nitrogen and oxygen atoms in total. The Morgan fingerprint density at radius 2 is 1.89 bits per heavy atom. The van der Waals surface area contributed by atoms with Crippen molar-refractivity contribution in [2.24, 2.45) is 14.1 Å². The number of carbonyl (C=O) groups excluding carboxylic acids is 2. The summed E-state index contributed by atoms with van der Waals surface area (Å²) in [5.74, 6) is -1.29. The van der Waals surface area contributed by atoms with Gasteiger partial charge in [-0.15, -0.1) is 0 Å². The Balaban J connectivity index is 0.000000417. The highest BCUT2D eigenvalue weighted by atomic mass is 19.4. The van der Waals surface area contributed by atoms with E-state index in [4.69, 9.17) is 0 Å². The number of anilines is 2. The van der Waals surface area contributed by atoms with Gasteiger partial charge in [0.05, 0.1) is 34.5 Å². The molecule has 4 aromatic rings. The van der Waals surface area contributed by atoms with Crippen LogP contribution < -0.4 is 10.6 Å². The normalized spacial score (nSPS) is 12.8. The van der Waals surface area contributed by atoms with Gasteiger partial charge in [-0.2, -0.15) is 23.4 Å². The average molecular weight is 529 g/mol. The molecule has 0 unspecified atom stereocenters. The van der Waals surface area contributed by atoms with Crippen molar-refractivity contribution in [3.05, 3.63) is 65.2 Å². The Hall–Kier alpha value is -4.42. The van der Waals surface area contributed by atoms with E-state index in [9.17, 15) is 22.8 Å². The van der Waals surface area contributed by atoms with Crippen molar-refractivity contribution in [3.8, 4) is 0 Å². The maximum Gasteiger partial charge on any atom is 0.405 e. The molecule has 1 aromatic carbocycles. The molecule has 13 heteroatoms. The molecule has 1 aliphatic rings. The minimum Gasteiger partial charge on any atom is -0.354 e. The summed E-state index contributed by atoms with van der Waals surface area (Å²) >= 11 is 0. The first-order valence-electron chi connectivity index (χ1n) is 11.7. The number of carbonyl (C=O) groups is 2. The number of halogens is 3. The third-order valence-corrected chi connectivity index (χ3v) is 5.82. The summed E-state index contributed by atoms with van der Waals surface area (Å²) in [7, 11) is 3.71. The molecule has 38 heavy (non-hydrogen) atoms. The summed E-state index contributed by atoms with van der Waals surface area (Å²) in [6, 6.07) is 9.10. The second-order valence-electron chi connectivity index (χ2n) is 8.95. The van der Waals surface area contributed by atoms with Gasteiger partial charge < -0.3 is 15.5 Å². The number of nitrogens with zero attached hydrogens (tertiary/aromatic N) is 6. The molecule has 0 atom stereocenters. The number of aryl methyl sites for hydroxylation is 4. The number of amides is 2. The van der Waals surface area contributed by atoms with Crippen LogP contribution in [0.25, 0.3) is 11.0 Å². The van der Waals surface area contributed by atoms with Gasteiger partial charge in [-0.3, -0.25) is 19.0 Å². The van der Waals surface area contributed by atoms with E-state index in [1.807, 2.05) is 39.2 Å². The lowest BCUT2D eigenvalue weighted by molar-refractivity contribution is -0.138. The minimum absolute atomic E-state index is 0.141. The highest BCUT2D eigenvalue weighted by Crippen LogP contribution is 2.32. The third kappa shape index (κ3) is 6.10. The Kier molecular flexibility index (Phi) is 7.37. The first-order valence-corrected chi connectivity index (χ1v) is 11.7. The van der Waals surface area contributed by atoms with Crippen molar-refractivity contribution in [1.82, 2.24) is 34.8 Å². The highest BCUT2D eigenvalue weighted by molar-refractivity contribution is 6.05. The molecule has 0 fully saturated rings. The first-order chi connectivity index (χ1) is 17.9. The molecule has 0 spiro atoms. The highest BCUT2D eigenvalue weighted by Gasteiger charge is 2.33. The number of rotatable bonds is 5. The van der Waals surface area contributed by atoms with Crippen molar-refractivity contribution in [3.63, 3.8) is 0 Å². The zero-order valence-electron chi connectivity index (χ0n) is 21.3. The van der Waals surface area contributed by atoms with E-state index in [1.165, 1.54) is 4.90 Å². The van der Waals surface area contributed by atoms with Gasteiger partial charge in [0.2, 0.25) is 5.91 Å². The van der Waals surface area contributed by atoms with Gasteiger partial charge in [0.1, 0.15) is 13.1 Å². The van der Waals surface area contributed by atoms with Crippen LogP contribution in [-0.4, -0.2) is 60.5 Å². The van der Waals surface area contributed by atoms with Crippen LogP contribution in [0.15, 0.2) is 42.7 Å². The summed E-state index contributed by atoms with van der Waals surface area (Å²) in [5, 5.41) is 14.2. The van der Waals surface area contributed by atoms with Gasteiger partial charge in [0.25, 0.3) is 5.91 Å². The van der Waals surface area contributed by atoms with E-state index < -0.39 is 31.1 Å². The van der Waals surface area contributed by atoms with Crippen molar-refractivity contribution >= 4 is 34.2 Å². The van der Waals surface area contributed by atoms with E-state index in [-0.39, 0.29) is 6.54 Å². The largest absolute Gasteiger partial charge is 0.405 e. The number of hydrogen-bond acceptors (Lipinski definition) is 6. The molecule has 3 aromatic heterocycles. The van der Waals surface area contributed by atoms with Gasteiger partial charge in [0.15, 0.2) is 5.65 Å². The van der Waals surface area contributed by atoms with Gasteiger partial charge >= 0.3 is 6.18 Å². The van der Waals surface area contributed by atoms with Gasteiger partial charge in [-0.05, 0) is 37.6 Å². The molecule has 0 saturated heterocycles. The molecule has 0 aliphatic carbocycles. The van der Waals surface area contributed by atoms with E-state index in [0.717, 1.165) is 22.4 Å². The van der Waals surface area contributed by atoms with Crippen LogP contribution in [0.1, 0.15) is 27.3 Å². The number of pyridine rings is 1. The topological polar surface area (TPSA) is 110 Å². The fourth-order valence-corrected chi connectivity index (χ4v) is 4.14. The van der Waals surface area contributed by atoms with Crippen molar-refractivity contribution in [2.45, 2.75) is 26.6 Å². The van der Waals surface area contributed by atoms with E-state index in [1.54, 1.807) is 46.1 Å². The summed E-state index contributed by atoms with van der Waals surface area (Å²) in [6.45, 7) is 2.10. The summed E-state index contributed by atoms with van der Waals surface area (Å²) in [6.07, 6.45) is -0.952. The van der Waals surface area contributed by atoms with Gasteiger partial charge in [0, 0.05) is 32.2 Å². The zero-order chi connectivity index (χ0) is 27.6. The second kappa shape index (κ2) is 10.5. The standard InChI is InChI=1S/C20H19F3N6O2.C5H8N2/c1-11-14-6-13(7-24-18(14)28(2)27-11)26-15-5-3-4-12-8-29(19(31)17(12)15)9-16(30)25-10-20(21,22)23;1-5-3-4-7(2)6-5/h3-7,26H,8-10H2,1-2H3,(H,25,30);3-4H,1-2H3. The number of nitrogens with one attached hydrogen (secondary N) is 2. The minimum atomic E-state index is -4.51. The van der Waals surface area contributed by atoms with Gasteiger partial charge in [-0.1, -0.05) is 12.1 Å². The third-order valence-electron chi connectivity index (χ3n) is 5.82. The zero-order valence-corrected chi connectivity index (χ0v) is 21.3. The predicted molar refractivity (Wildman–Crippen MR) is 135 cm³/mol. The molecule has 0 saturated carbocycles. The second-order valence-corrected chi connectivity index (χ2v) is 8.95. The predicted octanol–water partition coefficient (Wildman–Crippen LogP) is 3.38. The van der Waals surface area contributed by atoms with Crippen LogP contribution in [-0.2, 0) is 25.4 Å². The fraction of sp³-hybridized carbons (Fsp3) is 0.320. The number of aromatic nitrogens is 5. The van der Waals surface area contributed by atoms with Crippen LogP contribution in [0.3, 0.4) is 0 Å². The Bertz CT molecular complexity index is 1480. The Morgan fingerprint density at radius 1 is 1.13 bits per heavy atom. The number of benzene rings is 1. The molecular formula is C25H27F3N8O2. The van der Waals surface area contributed by atoms with E-state index in [2.05, 4.69) is 20.5 Å². The van der Waals surface area contributed by atoms with Crippen LogP contribution >= 0.6 is 0 Å². The van der Waals surface area contributed by atoms with Crippen LogP contribution in [0.2, 0.25) is 0 Å². The lowest BCUT2D eigenvalue weighted by atomic mass is 10.1. The Morgan fingerprint density at radius 3 is 2.53 bits per heavy atom. The summed E-state index contributed by atoms with van der Waals surface area (Å²) < 4.78 is 40.3. The van der Waals surface area contributed by atoms with Crippen LogP contribution in [0.5, 0.6) is 0 Å².